The summed E-state index contributed by atoms with van der Waals surface area (Å²) in [5.41, 5.74) is 5.95. The van der Waals surface area contributed by atoms with Crippen LogP contribution in [0.4, 0.5) is 11.5 Å². The van der Waals surface area contributed by atoms with Crippen LogP contribution >= 0.6 is 11.6 Å². The Labute approximate surface area is 105 Å². The van der Waals surface area contributed by atoms with E-state index in [4.69, 9.17) is 17.3 Å². The lowest BCUT2D eigenvalue weighted by Crippen LogP contribution is -2.26. The normalized spacial score (nSPS) is 10.0. The molecule has 94 valence electrons. The van der Waals surface area contributed by atoms with E-state index in [1.54, 1.807) is 0 Å². The number of nitrogen functional groups attached to an aromatic ring is 1. The average molecular weight is 258 g/mol. The molecule has 0 atom stereocenters. The molecule has 0 spiro atoms. The minimum atomic E-state index is -0.00178. The van der Waals surface area contributed by atoms with Crippen LogP contribution in [-0.4, -0.2) is 29.0 Å². The number of amides is 1. The molecule has 7 heteroatoms. The lowest BCUT2D eigenvalue weighted by Gasteiger charge is -2.08. The monoisotopic (exact) mass is 257 g/mol. The van der Waals surface area contributed by atoms with Crippen LogP contribution in [0.25, 0.3) is 0 Å². The highest BCUT2D eigenvalue weighted by Gasteiger charge is 2.06. The highest BCUT2D eigenvalue weighted by molar-refractivity contribution is 6.32. The number of carbonyl (C=O) groups excluding carboxylic acids is 1. The van der Waals surface area contributed by atoms with Gasteiger partial charge >= 0.3 is 0 Å². The zero-order valence-electron chi connectivity index (χ0n) is 9.66. The molecule has 1 aromatic heterocycles. The Bertz CT molecular complexity index is 385. The van der Waals surface area contributed by atoms with E-state index in [9.17, 15) is 4.79 Å². The van der Waals surface area contributed by atoms with Crippen molar-refractivity contribution in [3.63, 3.8) is 0 Å². The SMILES string of the molecule is CCCNC(=O)CCNc1ncnc(Cl)c1N. The minimum absolute atomic E-state index is 0.00178. The lowest BCUT2D eigenvalue weighted by molar-refractivity contribution is -0.120. The first-order chi connectivity index (χ1) is 8.15. The summed E-state index contributed by atoms with van der Waals surface area (Å²) in [5, 5.41) is 5.92. The maximum atomic E-state index is 11.3. The quantitative estimate of drug-likeness (QED) is 0.662. The fourth-order valence-electron chi connectivity index (χ4n) is 1.16. The molecule has 0 aliphatic heterocycles. The fraction of sp³-hybridized carbons (Fsp3) is 0.500. The molecule has 4 N–H and O–H groups in total. The number of nitrogens with zero attached hydrogens (tertiary/aromatic N) is 2. The van der Waals surface area contributed by atoms with Gasteiger partial charge in [0.1, 0.15) is 12.0 Å². The van der Waals surface area contributed by atoms with Gasteiger partial charge in [-0.15, -0.1) is 0 Å². The molecule has 0 saturated carbocycles. The average Bonchev–Trinajstić information content (AvgIpc) is 2.32. The highest BCUT2D eigenvalue weighted by Crippen LogP contribution is 2.21. The van der Waals surface area contributed by atoms with Crippen molar-refractivity contribution in [1.29, 1.82) is 0 Å². The fourth-order valence-corrected chi connectivity index (χ4v) is 1.30. The molecule has 1 aromatic rings. The predicted molar refractivity (Wildman–Crippen MR) is 67.9 cm³/mol. The van der Waals surface area contributed by atoms with Crippen molar-refractivity contribution >= 4 is 29.0 Å². The van der Waals surface area contributed by atoms with E-state index in [1.807, 2.05) is 6.92 Å². The number of carbonyl (C=O) groups is 1. The number of rotatable bonds is 6. The zero-order chi connectivity index (χ0) is 12.7. The van der Waals surface area contributed by atoms with Crippen LogP contribution in [0.5, 0.6) is 0 Å². The number of nitrogens with one attached hydrogen (secondary N) is 2. The molecule has 1 amide bonds. The van der Waals surface area contributed by atoms with Gasteiger partial charge in [0.25, 0.3) is 0 Å². The van der Waals surface area contributed by atoms with Crippen molar-refractivity contribution in [3.8, 4) is 0 Å². The van der Waals surface area contributed by atoms with Crippen LogP contribution in [0, 0.1) is 0 Å². The van der Waals surface area contributed by atoms with Crippen LogP contribution in [0.3, 0.4) is 0 Å². The maximum absolute atomic E-state index is 11.3. The lowest BCUT2D eigenvalue weighted by atomic mass is 10.3. The first kappa shape index (κ1) is 13.5. The Morgan fingerprint density at radius 1 is 1.47 bits per heavy atom. The molecule has 1 heterocycles. The highest BCUT2D eigenvalue weighted by atomic mass is 35.5. The number of anilines is 2. The molecular weight excluding hydrogens is 242 g/mol. The molecule has 0 aromatic carbocycles. The molecule has 6 nitrogen and oxygen atoms in total. The van der Waals surface area contributed by atoms with Crippen molar-refractivity contribution in [2.75, 3.05) is 24.1 Å². The van der Waals surface area contributed by atoms with E-state index in [2.05, 4.69) is 20.6 Å². The second-order valence-corrected chi connectivity index (χ2v) is 3.81. The Morgan fingerprint density at radius 2 is 2.24 bits per heavy atom. The third kappa shape index (κ3) is 4.44. The van der Waals surface area contributed by atoms with Crippen LogP contribution < -0.4 is 16.4 Å². The Balaban J connectivity index is 2.36. The maximum Gasteiger partial charge on any atom is 0.221 e. The standard InChI is InChI=1S/C10H16ClN5O/c1-2-4-13-7(17)3-5-14-10-8(12)9(11)15-6-16-10/h6H,2-5,12H2,1H3,(H,13,17)(H,14,15,16). The number of hydrogen-bond acceptors (Lipinski definition) is 5. The molecule has 0 radical (unpaired) electrons. The first-order valence-electron chi connectivity index (χ1n) is 5.41. The summed E-state index contributed by atoms with van der Waals surface area (Å²) >= 11 is 5.73. The van der Waals surface area contributed by atoms with Gasteiger partial charge in [0.2, 0.25) is 5.91 Å². The molecular formula is C10H16ClN5O. The van der Waals surface area contributed by atoms with Gasteiger partial charge in [0.15, 0.2) is 11.0 Å². The van der Waals surface area contributed by atoms with Crippen molar-refractivity contribution in [2.24, 2.45) is 0 Å². The van der Waals surface area contributed by atoms with Gasteiger partial charge in [0.05, 0.1) is 0 Å². The number of hydrogen-bond donors (Lipinski definition) is 3. The number of halogens is 1. The van der Waals surface area contributed by atoms with E-state index in [1.165, 1.54) is 6.33 Å². The summed E-state index contributed by atoms with van der Waals surface area (Å²) < 4.78 is 0. The van der Waals surface area contributed by atoms with Crippen molar-refractivity contribution < 1.29 is 4.79 Å². The number of aromatic nitrogens is 2. The molecule has 17 heavy (non-hydrogen) atoms. The molecule has 0 bridgehead atoms. The van der Waals surface area contributed by atoms with Crippen LogP contribution in [0.2, 0.25) is 5.15 Å². The van der Waals surface area contributed by atoms with E-state index in [0.29, 0.717) is 31.0 Å². The predicted octanol–water partition coefficient (Wildman–Crippen LogP) is 1.04. The molecule has 0 saturated heterocycles. The molecule has 0 aliphatic carbocycles. The third-order valence-electron chi connectivity index (χ3n) is 2.05. The van der Waals surface area contributed by atoms with Crippen LogP contribution in [0.15, 0.2) is 6.33 Å². The van der Waals surface area contributed by atoms with Gasteiger partial charge in [-0.3, -0.25) is 4.79 Å². The Hall–Kier alpha value is -1.56. The van der Waals surface area contributed by atoms with Crippen LogP contribution in [0.1, 0.15) is 19.8 Å². The van der Waals surface area contributed by atoms with Gasteiger partial charge < -0.3 is 16.4 Å². The van der Waals surface area contributed by atoms with Gasteiger partial charge in [-0.2, -0.15) is 0 Å². The molecule has 1 rings (SSSR count). The first-order valence-corrected chi connectivity index (χ1v) is 5.79. The van der Waals surface area contributed by atoms with E-state index >= 15 is 0 Å². The van der Waals surface area contributed by atoms with E-state index in [0.717, 1.165) is 6.42 Å². The second kappa shape index (κ2) is 6.90. The van der Waals surface area contributed by atoms with Gasteiger partial charge in [-0.25, -0.2) is 9.97 Å². The number of nitrogens with two attached hydrogens (primary N) is 1. The third-order valence-corrected chi connectivity index (χ3v) is 2.35. The largest absolute Gasteiger partial charge is 0.393 e. The van der Waals surface area contributed by atoms with Gasteiger partial charge in [-0.05, 0) is 6.42 Å². The van der Waals surface area contributed by atoms with Gasteiger partial charge in [-0.1, -0.05) is 18.5 Å². The topological polar surface area (TPSA) is 92.9 Å². The van der Waals surface area contributed by atoms with E-state index in [-0.39, 0.29) is 11.1 Å². The van der Waals surface area contributed by atoms with Crippen molar-refractivity contribution in [1.82, 2.24) is 15.3 Å². The smallest absolute Gasteiger partial charge is 0.221 e. The Morgan fingerprint density at radius 3 is 2.94 bits per heavy atom. The van der Waals surface area contributed by atoms with Gasteiger partial charge in [0, 0.05) is 19.5 Å². The zero-order valence-corrected chi connectivity index (χ0v) is 10.4. The Kier molecular flexibility index (Phi) is 5.48. The summed E-state index contributed by atoms with van der Waals surface area (Å²) in [6.45, 7) is 3.15. The second-order valence-electron chi connectivity index (χ2n) is 3.45. The summed E-state index contributed by atoms with van der Waals surface area (Å²) in [5.74, 6) is 0.450. The van der Waals surface area contributed by atoms with E-state index < -0.39 is 0 Å². The summed E-state index contributed by atoms with van der Waals surface area (Å²) in [7, 11) is 0. The van der Waals surface area contributed by atoms with Crippen molar-refractivity contribution in [2.45, 2.75) is 19.8 Å². The summed E-state index contributed by atoms with van der Waals surface area (Å²) in [6.07, 6.45) is 2.60. The van der Waals surface area contributed by atoms with Crippen molar-refractivity contribution in [3.05, 3.63) is 11.5 Å². The molecule has 0 aliphatic rings. The van der Waals surface area contributed by atoms with Crippen LogP contribution in [-0.2, 0) is 4.79 Å². The summed E-state index contributed by atoms with van der Waals surface area (Å²) in [4.78, 5) is 19.0. The minimum Gasteiger partial charge on any atom is -0.393 e. The summed E-state index contributed by atoms with van der Waals surface area (Å²) in [6, 6.07) is 0. The molecule has 0 unspecified atom stereocenters. The molecule has 0 fully saturated rings.